The van der Waals surface area contributed by atoms with Crippen LogP contribution < -0.4 is 10.6 Å². The number of nitrogens with one attached hydrogen (secondary N) is 2. The molecule has 1 atom stereocenters. The van der Waals surface area contributed by atoms with Crippen molar-refractivity contribution < 1.29 is 9.53 Å². The van der Waals surface area contributed by atoms with E-state index >= 15 is 0 Å². The second-order valence-electron chi connectivity index (χ2n) is 4.24. The van der Waals surface area contributed by atoms with Crippen molar-refractivity contribution in [3.05, 3.63) is 23.8 Å². The van der Waals surface area contributed by atoms with Crippen molar-refractivity contribution in [3.63, 3.8) is 0 Å². The topological polar surface area (TPSA) is 50.4 Å². The van der Waals surface area contributed by atoms with Crippen LogP contribution in [0.4, 0.5) is 5.69 Å². The van der Waals surface area contributed by atoms with Crippen molar-refractivity contribution in [1.29, 1.82) is 0 Å². The standard InChI is InChI=1S/C12H14N2O2S/c1-13-11-9-3-2-7(17-8-5-16-6-8)4-10(9)14-12(11)15/h2-4,8,11,13H,5-6H2,1H3,(H,14,15). The first-order chi connectivity index (χ1) is 8.28. The van der Waals surface area contributed by atoms with E-state index in [1.54, 1.807) is 7.05 Å². The van der Waals surface area contributed by atoms with Gasteiger partial charge in [0.1, 0.15) is 6.04 Å². The van der Waals surface area contributed by atoms with Crippen molar-refractivity contribution in [1.82, 2.24) is 5.32 Å². The number of fused-ring (bicyclic) bond motifs is 1. The van der Waals surface area contributed by atoms with E-state index < -0.39 is 0 Å². The van der Waals surface area contributed by atoms with Gasteiger partial charge in [0.2, 0.25) is 5.91 Å². The maximum absolute atomic E-state index is 11.7. The quantitative estimate of drug-likeness (QED) is 0.851. The number of hydrogen-bond acceptors (Lipinski definition) is 4. The molecule has 1 fully saturated rings. The second kappa shape index (κ2) is 4.33. The van der Waals surface area contributed by atoms with Gasteiger partial charge in [0.15, 0.2) is 0 Å². The number of thioether (sulfide) groups is 1. The van der Waals surface area contributed by atoms with Crippen LogP contribution in [-0.4, -0.2) is 31.4 Å². The summed E-state index contributed by atoms with van der Waals surface area (Å²) < 4.78 is 5.15. The van der Waals surface area contributed by atoms with E-state index in [4.69, 9.17) is 4.74 Å². The lowest BCUT2D eigenvalue weighted by molar-refractivity contribution is -0.117. The molecular formula is C12H14N2O2S. The molecule has 0 spiro atoms. The number of benzene rings is 1. The summed E-state index contributed by atoms with van der Waals surface area (Å²) in [7, 11) is 1.80. The van der Waals surface area contributed by atoms with Gasteiger partial charge in [-0.15, -0.1) is 11.8 Å². The number of carbonyl (C=O) groups is 1. The van der Waals surface area contributed by atoms with E-state index in [1.165, 1.54) is 4.90 Å². The lowest BCUT2D eigenvalue weighted by Crippen LogP contribution is -2.29. The minimum atomic E-state index is -0.212. The predicted octanol–water partition coefficient (Wildman–Crippen LogP) is 1.39. The Morgan fingerprint density at radius 1 is 1.47 bits per heavy atom. The zero-order chi connectivity index (χ0) is 11.8. The van der Waals surface area contributed by atoms with Gasteiger partial charge in [-0.2, -0.15) is 0 Å². The van der Waals surface area contributed by atoms with Crippen LogP contribution in [0.15, 0.2) is 23.1 Å². The average Bonchev–Trinajstić information content (AvgIpc) is 2.58. The molecule has 90 valence electrons. The van der Waals surface area contributed by atoms with Gasteiger partial charge in [-0.05, 0) is 19.2 Å². The minimum absolute atomic E-state index is 0.0247. The molecule has 4 nitrogen and oxygen atoms in total. The van der Waals surface area contributed by atoms with Crippen LogP contribution >= 0.6 is 11.8 Å². The molecule has 1 unspecified atom stereocenters. The molecule has 0 aliphatic carbocycles. The third kappa shape index (κ3) is 1.94. The molecule has 0 saturated carbocycles. The smallest absolute Gasteiger partial charge is 0.246 e. The van der Waals surface area contributed by atoms with Crippen molar-refractivity contribution in [2.24, 2.45) is 0 Å². The maximum atomic E-state index is 11.7. The molecule has 2 aliphatic heterocycles. The van der Waals surface area contributed by atoms with E-state index in [0.717, 1.165) is 24.5 Å². The summed E-state index contributed by atoms with van der Waals surface area (Å²) in [4.78, 5) is 12.9. The monoisotopic (exact) mass is 250 g/mol. The molecule has 1 aromatic carbocycles. The molecule has 2 heterocycles. The Morgan fingerprint density at radius 3 is 2.94 bits per heavy atom. The van der Waals surface area contributed by atoms with E-state index in [-0.39, 0.29) is 11.9 Å². The highest BCUT2D eigenvalue weighted by Crippen LogP contribution is 2.36. The molecular weight excluding hydrogens is 236 g/mol. The first-order valence-electron chi connectivity index (χ1n) is 5.64. The Hall–Kier alpha value is -1.04. The highest BCUT2D eigenvalue weighted by atomic mass is 32.2. The first-order valence-corrected chi connectivity index (χ1v) is 6.52. The van der Waals surface area contributed by atoms with Gasteiger partial charge in [-0.25, -0.2) is 0 Å². The van der Waals surface area contributed by atoms with Gasteiger partial charge in [0.05, 0.1) is 18.5 Å². The fraction of sp³-hybridized carbons (Fsp3) is 0.417. The van der Waals surface area contributed by atoms with Crippen molar-refractivity contribution >= 4 is 23.4 Å². The normalized spacial score (nSPS) is 23.1. The average molecular weight is 250 g/mol. The summed E-state index contributed by atoms with van der Waals surface area (Å²) in [6, 6.07) is 5.94. The Labute approximate surface area is 104 Å². The predicted molar refractivity (Wildman–Crippen MR) is 67.3 cm³/mol. The zero-order valence-corrected chi connectivity index (χ0v) is 10.3. The van der Waals surface area contributed by atoms with Crippen LogP contribution in [-0.2, 0) is 9.53 Å². The summed E-state index contributed by atoms with van der Waals surface area (Å²) in [5.41, 5.74) is 1.96. The molecule has 2 aliphatic rings. The fourth-order valence-corrected chi connectivity index (χ4v) is 3.12. The number of carbonyl (C=O) groups excluding carboxylic acids is 1. The zero-order valence-electron chi connectivity index (χ0n) is 9.53. The summed E-state index contributed by atoms with van der Waals surface area (Å²) in [6.45, 7) is 1.65. The van der Waals surface area contributed by atoms with Crippen LogP contribution in [0.2, 0.25) is 0 Å². The largest absolute Gasteiger partial charge is 0.379 e. The Morgan fingerprint density at radius 2 is 2.29 bits per heavy atom. The van der Waals surface area contributed by atoms with E-state index in [9.17, 15) is 4.79 Å². The number of rotatable bonds is 3. The number of amides is 1. The lowest BCUT2D eigenvalue weighted by atomic mass is 10.1. The van der Waals surface area contributed by atoms with Crippen molar-refractivity contribution in [2.75, 3.05) is 25.6 Å². The highest BCUT2D eigenvalue weighted by Gasteiger charge is 2.29. The van der Waals surface area contributed by atoms with Crippen LogP contribution in [0.3, 0.4) is 0 Å². The maximum Gasteiger partial charge on any atom is 0.246 e. The second-order valence-corrected chi connectivity index (χ2v) is 5.61. The minimum Gasteiger partial charge on any atom is -0.379 e. The van der Waals surface area contributed by atoms with Gasteiger partial charge in [-0.3, -0.25) is 4.79 Å². The molecule has 3 rings (SSSR count). The summed E-state index contributed by atoms with van der Waals surface area (Å²) in [5, 5.41) is 6.48. The molecule has 17 heavy (non-hydrogen) atoms. The highest BCUT2D eigenvalue weighted by molar-refractivity contribution is 8.00. The molecule has 0 aromatic heterocycles. The van der Waals surface area contributed by atoms with Gasteiger partial charge >= 0.3 is 0 Å². The summed E-state index contributed by atoms with van der Waals surface area (Å²) in [6.07, 6.45) is 0. The third-order valence-electron chi connectivity index (χ3n) is 3.05. The number of anilines is 1. The molecule has 5 heteroatoms. The van der Waals surface area contributed by atoms with Crippen molar-refractivity contribution in [3.8, 4) is 0 Å². The van der Waals surface area contributed by atoms with Crippen LogP contribution in [0, 0.1) is 0 Å². The molecule has 1 saturated heterocycles. The molecule has 2 N–H and O–H groups in total. The van der Waals surface area contributed by atoms with E-state index in [0.29, 0.717) is 5.25 Å². The van der Waals surface area contributed by atoms with Gasteiger partial charge in [-0.1, -0.05) is 6.07 Å². The molecule has 1 amide bonds. The lowest BCUT2D eigenvalue weighted by Gasteiger charge is -2.25. The van der Waals surface area contributed by atoms with Crippen molar-refractivity contribution in [2.45, 2.75) is 16.2 Å². The summed E-state index contributed by atoms with van der Waals surface area (Å²) in [5.74, 6) is 0.0247. The first kappa shape index (κ1) is 11.1. The SMILES string of the molecule is CNC1C(=O)Nc2cc(SC3COC3)ccc21. The Balaban J connectivity index is 1.82. The molecule has 0 bridgehead atoms. The van der Waals surface area contributed by atoms with Crippen LogP contribution in [0.1, 0.15) is 11.6 Å². The van der Waals surface area contributed by atoms with Crippen LogP contribution in [0.5, 0.6) is 0 Å². The molecule has 1 aromatic rings. The van der Waals surface area contributed by atoms with E-state index in [2.05, 4.69) is 16.7 Å². The van der Waals surface area contributed by atoms with Gasteiger partial charge in [0, 0.05) is 16.1 Å². The Kier molecular flexibility index (Phi) is 2.82. The fourth-order valence-electron chi connectivity index (χ4n) is 2.08. The Bertz CT molecular complexity index is 460. The number of ether oxygens (including phenoxy) is 1. The number of likely N-dealkylation sites (N-methyl/N-ethyl adjacent to an activating group) is 1. The third-order valence-corrected chi connectivity index (χ3v) is 4.19. The summed E-state index contributed by atoms with van der Waals surface area (Å²) >= 11 is 1.81. The van der Waals surface area contributed by atoms with Gasteiger partial charge in [0.25, 0.3) is 0 Å². The van der Waals surface area contributed by atoms with Gasteiger partial charge < -0.3 is 15.4 Å². The molecule has 0 radical (unpaired) electrons. The van der Waals surface area contributed by atoms with Crippen LogP contribution in [0.25, 0.3) is 0 Å². The van der Waals surface area contributed by atoms with E-state index in [1.807, 2.05) is 23.9 Å². The number of hydrogen-bond donors (Lipinski definition) is 2.